The van der Waals surface area contributed by atoms with Gasteiger partial charge in [-0.25, -0.2) is 9.89 Å². The van der Waals surface area contributed by atoms with Crippen molar-refractivity contribution in [3.63, 3.8) is 0 Å². The first-order valence-corrected chi connectivity index (χ1v) is 10.1. The lowest BCUT2D eigenvalue weighted by atomic mass is 9.84. The van der Waals surface area contributed by atoms with Crippen LogP contribution in [0, 0.1) is 17.8 Å². The van der Waals surface area contributed by atoms with Crippen molar-refractivity contribution in [1.29, 1.82) is 0 Å². The summed E-state index contributed by atoms with van der Waals surface area (Å²) < 4.78 is 1.63. The molecule has 1 aromatic heterocycles. The van der Waals surface area contributed by atoms with Crippen LogP contribution in [0.25, 0.3) is 0 Å². The van der Waals surface area contributed by atoms with Crippen molar-refractivity contribution in [2.24, 2.45) is 17.8 Å². The Morgan fingerprint density at radius 2 is 2.29 bits per heavy atom. The minimum Gasteiger partial charge on any atom is -0.353 e. The topological polar surface area (TPSA) is 79.8 Å². The summed E-state index contributed by atoms with van der Waals surface area (Å²) in [6.45, 7) is 4.87. The molecule has 1 heterocycles. The molecule has 7 heteroatoms. The third kappa shape index (κ3) is 3.87. The molecule has 134 valence electrons. The van der Waals surface area contributed by atoms with Crippen LogP contribution >= 0.6 is 11.8 Å². The van der Waals surface area contributed by atoms with Crippen LogP contribution in [0.2, 0.25) is 0 Å². The van der Waals surface area contributed by atoms with Crippen LogP contribution in [-0.4, -0.2) is 32.5 Å². The van der Waals surface area contributed by atoms with E-state index < -0.39 is 0 Å². The Morgan fingerprint density at radius 1 is 1.46 bits per heavy atom. The zero-order valence-corrected chi connectivity index (χ0v) is 15.4. The van der Waals surface area contributed by atoms with Crippen LogP contribution < -0.4 is 11.0 Å². The lowest BCUT2D eigenvalue weighted by Gasteiger charge is -2.28. The molecule has 0 radical (unpaired) electrons. The fourth-order valence-electron chi connectivity index (χ4n) is 4.37. The van der Waals surface area contributed by atoms with Crippen LogP contribution in [0.1, 0.15) is 52.4 Å². The van der Waals surface area contributed by atoms with Gasteiger partial charge in [-0.15, -0.1) is 5.10 Å². The Balaban J connectivity index is 1.48. The van der Waals surface area contributed by atoms with Gasteiger partial charge in [0.15, 0.2) is 5.16 Å². The van der Waals surface area contributed by atoms with Crippen molar-refractivity contribution in [2.45, 2.75) is 70.1 Å². The predicted octanol–water partition coefficient (Wildman–Crippen LogP) is 2.40. The van der Waals surface area contributed by atoms with Crippen molar-refractivity contribution in [3.8, 4) is 0 Å². The molecule has 2 N–H and O–H groups in total. The third-order valence-electron chi connectivity index (χ3n) is 5.61. The van der Waals surface area contributed by atoms with Gasteiger partial charge in [0, 0.05) is 12.6 Å². The minimum absolute atomic E-state index is 0.0350. The number of hydrogen-bond acceptors (Lipinski definition) is 4. The maximum atomic E-state index is 12.3. The van der Waals surface area contributed by atoms with E-state index in [1.165, 1.54) is 37.4 Å². The maximum Gasteiger partial charge on any atom is 0.343 e. The molecule has 4 unspecified atom stereocenters. The van der Waals surface area contributed by atoms with Gasteiger partial charge >= 0.3 is 5.69 Å². The summed E-state index contributed by atoms with van der Waals surface area (Å²) in [4.78, 5) is 24.0. The number of nitrogens with one attached hydrogen (secondary N) is 2. The molecule has 3 rings (SSSR count). The highest BCUT2D eigenvalue weighted by atomic mass is 32.2. The number of carbonyl (C=O) groups excluding carboxylic acids is 1. The van der Waals surface area contributed by atoms with Gasteiger partial charge < -0.3 is 5.32 Å². The summed E-state index contributed by atoms with van der Waals surface area (Å²) in [6, 6.07) is 0.245. The van der Waals surface area contributed by atoms with Gasteiger partial charge in [0.05, 0.1) is 5.75 Å². The van der Waals surface area contributed by atoms with Crippen LogP contribution in [0.3, 0.4) is 0 Å². The quantitative estimate of drug-likeness (QED) is 0.704. The van der Waals surface area contributed by atoms with E-state index in [9.17, 15) is 9.59 Å². The zero-order chi connectivity index (χ0) is 17.1. The van der Waals surface area contributed by atoms with Gasteiger partial charge in [-0.2, -0.15) is 0 Å². The lowest BCUT2D eigenvalue weighted by molar-refractivity contribution is -0.119. The number of amides is 1. The van der Waals surface area contributed by atoms with Crippen LogP contribution in [0.4, 0.5) is 0 Å². The molecule has 0 spiro atoms. The highest BCUT2D eigenvalue weighted by molar-refractivity contribution is 7.99. The molecule has 2 bridgehead atoms. The zero-order valence-electron chi connectivity index (χ0n) is 14.6. The first-order chi connectivity index (χ1) is 11.6. The largest absolute Gasteiger partial charge is 0.353 e. The van der Waals surface area contributed by atoms with Gasteiger partial charge in [-0.1, -0.05) is 31.5 Å². The van der Waals surface area contributed by atoms with Crippen LogP contribution in [0.15, 0.2) is 9.95 Å². The molecule has 2 aliphatic carbocycles. The Bertz CT molecular complexity index is 626. The van der Waals surface area contributed by atoms with E-state index in [-0.39, 0.29) is 17.6 Å². The number of thioether (sulfide) groups is 1. The van der Waals surface area contributed by atoms with Gasteiger partial charge in [0.2, 0.25) is 5.91 Å². The van der Waals surface area contributed by atoms with E-state index >= 15 is 0 Å². The molecule has 1 amide bonds. The number of rotatable bonds is 8. The number of carbonyl (C=O) groups is 1. The van der Waals surface area contributed by atoms with Gasteiger partial charge in [-0.05, 0) is 50.4 Å². The van der Waals surface area contributed by atoms with E-state index in [4.69, 9.17) is 0 Å². The Hall–Kier alpha value is -1.24. The summed E-state index contributed by atoms with van der Waals surface area (Å²) in [5, 5.41) is 10.3. The Kier molecular flexibility index (Phi) is 5.69. The second-order valence-electron chi connectivity index (χ2n) is 7.30. The average Bonchev–Trinajstić information content (AvgIpc) is 3.27. The Morgan fingerprint density at radius 3 is 2.96 bits per heavy atom. The normalized spacial score (nSPS) is 26.7. The van der Waals surface area contributed by atoms with Gasteiger partial charge in [0.25, 0.3) is 0 Å². The summed E-state index contributed by atoms with van der Waals surface area (Å²) >= 11 is 1.33. The van der Waals surface area contributed by atoms with Gasteiger partial charge in [-0.3, -0.25) is 9.36 Å². The first kappa shape index (κ1) is 17.6. The van der Waals surface area contributed by atoms with E-state index in [0.29, 0.717) is 23.4 Å². The van der Waals surface area contributed by atoms with E-state index in [0.717, 1.165) is 24.7 Å². The van der Waals surface area contributed by atoms with Crippen molar-refractivity contribution < 1.29 is 4.79 Å². The molecule has 1 aromatic rings. The summed E-state index contributed by atoms with van der Waals surface area (Å²) in [6.07, 6.45) is 7.29. The predicted molar refractivity (Wildman–Crippen MR) is 95.0 cm³/mol. The van der Waals surface area contributed by atoms with Crippen molar-refractivity contribution in [2.75, 3.05) is 5.75 Å². The fraction of sp³-hybridized carbons (Fsp3) is 0.824. The molecule has 2 fully saturated rings. The van der Waals surface area contributed by atoms with E-state index in [1.54, 1.807) is 4.57 Å². The summed E-state index contributed by atoms with van der Waals surface area (Å²) in [7, 11) is 0. The van der Waals surface area contributed by atoms with Gasteiger partial charge in [0.1, 0.15) is 0 Å². The lowest BCUT2D eigenvalue weighted by Crippen LogP contribution is -2.41. The number of aromatic nitrogens is 3. The van der Waals surface area contributed by atoms with Crippen LogP contribution in [-0.2, 0) is 11.3 Å². The second-order valence-corrected chi connectivity index (χ2v) is 8.24. The third-order valence-corrected chi connectivity index (χ3v) is 6.59. The fourth-order valence-corrected chi connectivity index (χ4v) is 5.15. The molecule has 2 saturated carbocycles. The van der Waals surface area contributed by atoms with Crippen molar-refractivity contribution >= 4 is 17.7 Å². The smallest absolute Gasteiger partial charge is 0.343 e. The Labute approximate surface area is 147 Å². The van der Waals surface area contributed by atoms with E-state index in [2.05, 4.69) is 29.4 Å². The standard InChI is InChI=1S/C17H28N4O2S/c1-3-4-7-21-16(23)19-20-17(21)24-10-15(22)18-11(2)14-9-12-5-6-13(14)8-12/h11-14H,3-10H2,1-2H3,(H,18,22)(H,19,23). The summed E-state index contributed by atoms with van der Waals surface area (Å²) in [5.74, 6) is 2.69. The molecule has 24 heavy (non-hydrogen) atoms. The second kappa shape index (κ2) is 7.76. The number of unbranched alkanes of at least 4 members (excludes halogenated alkanes) is 1. The SMILES string of the molecule is CCCCn1c(SCC(=O)NC(C)C2CC3CCC2C3)n[nH]c1=O. The molecule has 0 saturated heterocycles. The average molecular weight is 353 g/mol. The molecular formula is C17H28N4O2S. The minimum atomic E-state index is -0.193. The van der Waals surface area contributed by atoms with E-state index in [1.807, 2.05) is 0 Å². The number of aromatic amines is 1. The molecule has 0 aliphatic heterocycles. The molecule has 4 atom stereocenters. The number of hydrogen-bond donors (Lipinski definition) is 2. The molecule has 6 nitrogen and oxygen atoms in total. The highest BCUT2D eigenvalue weighted by Crippen LogP contribution is 2.49. The van der Waals surface area contributed by atoms with Crippen LogP contribution in [0.5, 0.6) is 0 Å². The van der Waals surface area contributed by atoms with Crippen molar-refractivity contribution in [3.05, 3.63) is 10.5 Å². The monoisotopic (exact) mass is 352 g/mol. The number of nitrogens with zero attached hydrogens (tertiary/aromatic N) is 2. The summed E-state index contributed by atoms with van der Waals surface area (Å²) in [5.41, 5.74) is -0.193. The number of H-pyrrole nitrogens is 1. The highest BCUT2D eigenvalue weighted by Gasteiger charge is 2.42. The van der Waals surface area contributed by atoms with Crippen molar-refractivity contribution in [1.82, 2.24) is 20.1 Å². The molecular weight excluding hydrogens is 324 g/mol. The molecule has 2 aliphatic rings. The first-order valence-electron chi connectivity index (χ1n) is 9.15. The maximum absolute atomic E-state index is 12.3. The number of fused-ring (bicyclic) bond motifs is 2. The molecule has 0 aromatic carbocycles.